The third kappa shape index (κ3) is 3.66. The monoisotopic (exact) mass is 260 g/mol. The van der Waals surface area contributed by atoms with Crippen LogP contribution in [0.3, 0.4) is 0 Å². The van der Waals surface area contributed by atoms with E-state index in [1.54, 1.807) is 0 Å². The van der Waals surface area contributed by atoms with Crippen LogP contribution < -0.4 is 5.32 Å². The zero-order chi connectivity index (χ0) is 13.7. The van der Waals surface area contributed by atoms with E-state index >= 15 is 0 Å². The molecule has 0 atom stereocenters. The highest BCUT2D eigenvalue weighted by Gasteiger charge is 2.03. The van der Waals surface area contributed by atoms with Gasteiger partial charge in [0.25, 0.3) is 0 Å². The SMILES string of the molecule is Cc1cc(NCCOCC(=O)O)c2ccccc2n1. The summed E-state index contributed by atoms with van der Waals surface area (Å²) >= 11 is 0. The van der Waals surface area contributed by atoms with Crippen molar-refractivity contribution in [2.75, 3.05) is 25.1 Å². The molecule has 0 aliphatic carbocycles. The first-order chi connectivity index (χ1) is 9.16. The fourth-order valence-corrected chi connectivity index (χ4v) is 1.87. The standard InChI is InChI=1S/C14H16N2O3/c1-10-8-13(15-6-7-19-9-14(17)18)11-4-2-3-5-12(11)16-10/h2-5,8H,6-7,9H2,1H3,(H,15,16)(H,17,18). The molecule has 1 heterocycles. The van der Waals surface area contributed by atoms with Crippen LogP contribution in [0.5, 0.6) is 0 Å². The molecule has 0 bridgehead atoms. The summed E-state index contributed by atoms with van der Waals surface area (Å²) in [4.78, 5) is 14.8. The zero-order valence-electron chi connectivity index (χ0n) is 10.7. The Bertz CT molecular complexity index is 584. The van der Waals surface area contributed by atoms with Gasteiger partial charge in [-0.3, -0.25) is 4.98 Å². The van der Waals surface area contributed by atoms with Crippen molar-refractivity contribution in [3.63, 3.8) is 0 Å². The van der Waals surface area contributed by atoms with Crippen molar-refractivity contribution in [1.82, 2.24) is 4.98 Å². The first-order valence-electron chi connectivity index (χ1n) is 6.06. The van der Waals surface area contributed by atoms with Gasteiger partial charge in [0.15, 0.2) is 0 Å². The lowest BCUT2D eigenvalue weighted by molar-refractivity contribution is -0.142. The highest BCUT2D eigenvalue weighted by molar-refractivity contribution is 5.91. The van der Waals surface area contributed by atoms with E-state index in [0.29, 0.717) is 13.2 Å². The molecular formula is C14H16N2O3. The number of anilines is 1. The summed E-state index contributed by atoms with van der Waals surface area (Å²) in [6.07, 6.45) is 0. The Morgan fingerprint density at radius 1 is 1.42 bits per heavy atom. The Labute approximate surface area is 111 Å². The Balaban J connectivity index is 2.02. The molecule has 0 amide bonds. The van der Waals surface area contributed by atoms with Gasteiger partial charge in [-0.25, -0.2) is 4.79 Å². The number of aryl methyl sites for hydroxylation is 1. The van der Waals surface area contributed by atoms with Crippen molar-refractivity contribution < 1.29 is 14.6 Å². The van der Waals surface area contributed by atoms with Crippen LogP contribution in [0.2, 0.25) is 0 Å². The predicted molar refractivity (Wildman–Crippen MR) is 73.4 cm³/mol. The van der Waals surface area contributed by atoms with Crippen molar-refractivity contribution >= 4 is 22.6 Å². The van der Waals surface area contributed by atoms with Crippen LogP contribution in [-0.2, 0) is 9.53 Å². The van der Waals surface area contributed by atoms with Gasteiger partial charge in [0.2, 0.25) is 0 Å². The molecule has 0 aliphatic heterocycles. The van der Waals surface area contributed by atoms with E-state index in [9.17, 15) is 4.79 Å². The van der Waals surface area contributed by atoms with Crippen LogP contribution in [0.25, 0.3) is 10.9 Å². The van der Waals surface area contributed by atoms with Gasteiger partial charge < -0.3 is 15.2 Å². The lowest BCUT2D eigenvalue weighted by Crippen LogP contribution is -2.14. The number of benzene rings is 1. The molecule has 1 aromatic carbocycles. The minimum Gasteiger partial charge on any atom is -0.480 e. The van der Waals surface area contributed by atoms with Gasteiger partial charge in [-0.1, -0.05) is 18.2 Å². The van der Waals surface area contributed by atoms with Crippen LogP contribution in [-0.4, -0.2) is 35.8 Å². The molecule has 2 aromatic rings. The molecule has 1 aromatic heterocycles. The fraction of sp³-hybridized carbons (Fsp3) is 0.286. The maximum absolute atomic E-state index is 10.3. The van der Waals surface area contributed by atoms with Gasteiger partial charge >= 0.3 is 5.97 Å². The number of hydrogen-bond donors (Lipinski definition) is 2. The van der Waals surface area contributed by atoms with Crippen molar-refractivity contribution in [2.24, 2.45) is 0 Å². The maximum Gasteiger partial charge on any atom is 0.329 e. The van der Waals surface area contributed by atoms with E-state index in [4.69, 9.17) is 9.84 Å². The van der Waals surface area contributed by atoms with E-state index in [2.05, 4.69) is 10.3 Å². The Kier molecular flexibility index (Phi) is 4.30. The number of aliphatic carboxylic acids is 1. The van der Waals surface area contributed by atoms with Gasteiger partial charge in [0, 0.05) is 23.3 Å². The highest BCUT2D eigenvalue weighted by atomic mass is 16.5. The number of pyridine rings is 1. The maximum atomic E-state index is 10.3. The summed E-state index contributed by atoms with van der Waals surface area (Å²) in [6.45, 7) is 2.58. The number of rotatable bonds is 6. The Morgan fingerprint density at radius 3 is 3.00 bits per heavy atom. The van der Waals surface area contributed by atoms with Crippen molar-refractivity contribution in [2.45, 2.75) is 6.92 Å². The van der Waals surface area contributed by atoms with Crippen molar-refractivity contribution in [1.29, 1.82) is 0 Å². The molecule has 0 spiro atoms. The molecule has 0 fully saturated rings. The van der Waals surface area contributed by atoms with Gasteiger partial charge in [-0.2, -0.15) is 0 Å². The topological polar surface area (TPSA) is 71.5 Å². The normalized spacial score (nSPS) is 10.6. The minimum atomic E-state index is -0.954. The van der Waals surface area contributed by atoms with Gasteiger partial charge in [-0.05, 0) is 19.1 Å². The second kappa shape index (κ2) is 6.15. The molecule has 100 valence electrons. The molecule has 5 heteroatoms. The first-order valence-corrected chi connectivity index (χ1v) is 6.06. The second-order valence-electron chi connectivity index (χ2n) is 4.20. The summed E-state index contributed by atoms with van der Waals surface area (Å²) in [5.41, 5.74) is 2.87. The largest absolute Gasteiger partial charge is 0.480 e. The summed E-state index contributed by atoms with van der Waals surface area (Å²) in [5, 5.41) is 12.7. The summed E-state index contributed by atoms with van der Waals surface area (Å²) in [5.74, 6) is -0.954. The smallest absolute Gasteiger partial charge is 0.329 e. The number of fused-ring (bicyclic) bond motifs is 1. The number of ether oxygens (including phenoxy) is 1. The molecular weight excluding hydrogens is 244 g/mol. The third-order valence-electron chi connectivity index (χ3n) is 2.63. The van der Waals surface area contributed by atoms with Crippen LogP contribution in [0.4, 0.5) is 5.69 Å². The number of carboxylic acids is 1. The van der Waals surface area contributed by atoms with E-state index in [0.717, 1.165) is 22.3 Å². The lowest BCUT2D eigenvalue weighted by Gasteiger charge is -2.10. The number of carbonyl (C=O) groups is 1. The second-order valence-corrected chi connectivity index (χ2v) is 4.20. The zero-order valence-corrected chi connectivity index (χ0v) is 10.7. The molecule has 19 heavy (non-hydrogen) atoms. The first kappa shape index (κ1) is 13.3. The van der Waals surface area contributed by atoms with E-state index in [1.807, 2.05) is 37.3 Å². The number of para-hydroxylation sites is 1. The van der Waals surface area contributed by atoms with Crippen molar-refractivity contribution in [3.05, 3.63) is 36.0 Å². The van der Waals surface area contributed by atoms with E-state index in [-0.39, 0.29) is 6.61 Å². The van der Waals surface area contributed by atoms with Gasteiger partial charge in [0.05, 0.1) is 12.1 Å². The lowest BCUT2D eigenvalue weighted by atomic mass is 10.1. The van der Waals surface area contributed by atoms with Crippen molar-refractivity contribution in [3.8, 4) is 0 Å². The minimum absolute atomic E-state index is 0.266. The Morgan fingerprint density at radius 2 is 2.21 bits per heavy atom. The van der Waals surface area contributed by atoms with E-state index in [1.165, 1.54) is 0 Å². The summed E-state index contributed by atoms with van der Waals surface area (Å²) < 4.78 is 4.98. The number of aromatic nitrogens is 1. The molecule has 0 aliphatic rings. The Hall–Kier alpha value is -2.14. The molecule has 0 radical (unpaired) electrons. The third-order valence-corrected chi connectivity index (χ3v) is 2.63. The molecule has 2 rings (SSSR count). The number of nitrogens with zero attached hydrogens (tertiary/aromatic N) is 1. The van der Waals surface area contributed by atoms with Crippen LogP contribution in [0.15, 0.2) is 30.3 Å². The van der Waals surface area contributed by atoms with E-state index < -0.39 is 5.97 Å². The van der Waals surface area contributed by atoms with Crippen LogP contribution >= 0.6 is 0 Å². The number of carboxylic acid groups (broad SMARTS) is 1. The molecule has 2 N–H and O–H groups in total. The van der Waals surface area contributed by atoms with Crippen LogP contribution in [0.1, 0.15) is 5.69 Å². The highest BCUT2D eigenvalue weighted by Crippen LogP contribution is 2.22. The summed E-state index contributed by atoms with van der Waals surface area (Å²) in [7, 11) is 0. The molecule has 0 saturated heterocycles. The predicted octanol–water partition coefficient (Wildman–Crippen LogP) is 2.06. The average Bonchev–Trinajstić information content (AvgIpc) is 2.37. The fourth-order valence-electron chi connectivity index (χ4n) is 1.87. The summed E-state index contributed by atoms with van der Waals surface area (Å²) in [6, 6.07) is 9.86. The van der Waals surface area contributed by atoms with Gasteiger partial charge in [-0.15, -0.1) is 0 Å². The molecule has 0 unspecified atom stereocenters. The van der Waals surface area contributed by atoms with Gasteiger partial charge in [0.1, 0.15) is 6.61 Å². The number of hydrogen-bond acceptors (Lipinski definition) is 4. The van der Waals surface area contributed by atoms with Crippen LogP contribution in [0, 0.1) is 6.92 Å². The molecule has 5 nitrogen and oxygen atoms in total. The average molecular weight is 260 g/mol. The molecule has 0 saturated carbocycles. The quantitative estimate of drug-likeness (QED) is 0.778. The number of nitrogens with one attached hydrogen (secondary N) is 1.